The van der Waals surface area contributed by atoms with Crippen LogP contribution in [0.25, 0.3) is 0 Å². The number of fused-ring (bicyclic) bond motifs is 3. The molecule has 4 aliphatic carbocycles. The Morgan fingerprint density at radius 1 is 1.11 bits per heavy atom. The minimum Gasteiger partial charge on any atom is -0.362 e. The number of hydrogen-bond acceptors (Lipinski definition) is 5. The maximum absolute atomic E-state index is 13.3. The minimum absolute atomic E-state index is 0.0495. The number of carbonyl (C=O) groups excluding carboxylic acids is 1. The molecule has 1 aromatic carbocycles. The first-order valence-electron chi connectivity index (χ1n) is 13.7. The minimum atomic E-state index is -3.33. The summed E-state index contributed by atoms with van der Waals surface area (Å²) in [6.45, 7) is 8.37. The van der Waals surface area contributed by atoms with Gasteiger partial charge in [0.2, 0.25) is 0 Å². The molecule has 1 heterocycles. The molecule has 3 fully saturated rings. The molecule has 192 valence electrons. The molecule has 5 atom stereocenters. The Morgan fingerprint density at radius 2 is 1.86 bits per heavy atom. The summed E-state index contributed by atoms with van der Waals surface area (Å²) in [7, 11) is -3.33. The van der Waals surface area contributed by atoms with Crippen molar-refractivity contribution in [3.8, 4) is 0 Å². The maximum atomic E-state index is 13.3. The molecular formula is C30H37O5P. The number of epoxide rings is 1. The molecule has 1 saturated heterocycles. The lowest BCUT2D eigenvalue weighted by Crippen LogP contribution is -2.42. The summed E-state index contributed by atoms with van der Waals surface area (Å²) in [6, 6.07) is 8.08. The van der Waals surface area contributed by atoms with E-state index in [1.54, 1.807) is 5.57 Å². The van der Waals surface area contributed by atoms with Crippen molar-refractivity contribution in [2.45, 2.75) is 82.3 Å². The molecule has 1 aromatic rings. The number of ketones is 1. The van der Waals surface area contributed by atoms with Crippen molar-refractivity contribution in [1.82, 2.24) is 0 Å². The molecule has 1 spiro atoms. The molecule has 0 unspecified atom stereocenters. The van der Waals surface area contributed by atoms with Crippen LogP contribution in [-0.2, 0) is 23.1 Å². The molecule has 0 aromatic heterocycles. The predicted octanol–water partition coefficient (Wildman–Crippen LogP) is 6.56. The van der Waals surface area contributed by atoms with Gasteiger partial charge in [0.05, 0.1) is 18.5 Å². The van der Waals surface area contributed by atoms with Gasteiger partial charge in [-0.3, -0.25) is 9.36 Å². The molecule has 6 heteroatoms. The number of hydrogen-bond donors (Lipinski definition) is 0. The molecule has 0 N–H and O–H groups in total. The summed E-state index contributed by atoms with van der Waals surface area (Å²) in [5.41, 5.74) is 5.35. The van der Waals surface area contributed by atoms with E-state index in [1.807, 2.05) is 38.1 Å². The Labute approximate surface area is 214 Å². The third-order valence-corrected chi connectivity index (χ3v) is 11.6. The van der Waals surface area contributed by atoms with E-state index in [-0.39, 0.29) is 22.9 Å². The zero-order valence-electron chi connectivity index (χ0n) is 21.5. The van der Waals surface area contributed by atoms with E-state index >= 15 is 0 Å². The van der Waals surface area contributed by atoms with Gasteiger partial charge in [0.15, 0.2) is 5.78 Å². The molecule has 5 nitrogen and oxygen atoms in total. The smallest absolute Gasteiger partial charge is 0.361 e. The van der Waals surface area contributed by atoms with Gasteiger partial charge in [-0.25, -0.2) is 0 Å². The SMILES string of the molecule is C=CC[C@]12CC[C@H]3[C@@H]4CCC5=CC(=O)CCC5=C4[C@@H](c4ccc(P(=O)(OCC)OCC)cc4)C[C@@]31O2. The molecule has 36 heavy (non-hydrogen) atoms. The summed E-state index contributed by atoms with van der Waals surface area (Å²) in [5, 5.41) is 0.605. The first-order valence-corrected chi connectivity index (χ1v) is 15.2. The lowest BCUT2D eigenvalue weighted by molar-refractivity contribution is -0.114. The average Bonchev–Trinajstić information content (AvgIpc) is 3.37. The zero-order valence-corrected chi connectivity index (χ0v) is 22.4. The zero-order chi connectivity index (χ0) is 25.1. The number of carbonyl (C=O) groups is 1. The van der Waals surface area contributed by atoms with E-state index in [4.69, 9.17) is 13.8 Å². The highest BCUT2D eigenvalue weighted by atomic mass is 31.2. The van der Waals surface area contributed by atoms with Crippen LogP contribution in [0.5, 0.6) is 0 Å². The largest absolute Gasteiger partial charge is 0.362 e. The second kappa shape index (κ2) is 8.91. The first-order chi connectivity index (χ1) is 17.4. The fraction of sp³-hybridized carbons (Fsp3) is 0.567. The van der Waals surface area contributed by atoms with Crippen LogP contribution >= 0.6 is 7.60 Å². The van der Waals surface area contributed by atoms with Crippen LogP contribution in [0.4, 0.5) is 0 Å². The van der Waals surface area contributed by atoms with Crippen LogP contribution in [0.15, 0.2) is 59.7 Å². The van der Waals surface area contributed by atoms with E-state index in [0.717, 1.165) is 38.5 Å². The Bertz CT molecular complexity index is 1190. The third-order valence-electron chi connectivity index (χ3n) is 9.43. The van der Waals surface area contributed by atoms with Crippen LogP contribution < -0.4 is 5.30 Å². The van der Waals surface area contributed by atoms with Crippen LogP contribution in [-0.4, -0.2) is 30.2 Å². The molecule has 1 aliphatic heterocycles. The van der Waals surface area contributed by atoms with E-state index in [0.29, 0.717) is 36.8 Å². The Balaban J connectivity index is 1.43. The molecule has 2 saturated carbocycles. The normalized spacial score (nSPS) is 34.9. The van der Waals surface area contributed by atoms with Crippen molar-refractivity contribution >= 4 is 18.7 Å². The van der Waals surface area contributed by atoms with Crippen molar-refractivity contribution in [1.29, 1.82) is 0 Å². The van der Waals surface area contributed by atoms with Gasteiger partial charge >= 0.3 is 7.60 Å². The van der Waals surface area contributed by atoms with Gasteiger partial charge in [0.1, 0.15) is 11.2 Å². The van der Waals surface area contributed by atoms with Crippen molar-refractivity contribution < 1.29 is 23.1 Å². The monoisotopic (exact) mass is 508 g/mol. The summed E-state index contributed by atoms with van der Waals surface area (Å²) in [4.78, 5) is 12.2. The maximum Gasteiger partial charge on any atom is 0.361 e. The second-order valence-electron chi connectivity index (χ2n) is 11.0. The van der Waals surface area contributed by atoms with Crippen molar-refractivity contribution in [3.63, 3.8) is 0 Å². The predicted molar refractivity (Wildman–Crippen MR) is 140 cm³/mol. The van der Waals surface area contributed by atoms with E-state index < -0.39 is 7.60 Å². The van der Waals surface area contributed by atoms with Gasteiger partial charge in [-0.1, -0.05) is 23.8 Å². The number of rotatable bonds is 8. The lowest BCUT2D eigenvalue weighted by atomic mass is 9.57. The van der Waals surface area contributed by atoms with Crippen molar-refractivity contribution in [2.75, 3.05) is 13.2 Å². The molecular weight excluding hydrogens is 471 g/mol. The Morgan fingerprint density at radius 3 is 2.56 bits per heavy atom. The van der Waals surface area contributed by atoms with Crippen LogP contribution in [0.1, 0.15) is 76.7 Å². The highest BCUT2D eigenvalue weighted by Crippen LogP contribution is 2.74. The van der Waals surface area contributed by atoms with Gasteiger partial charge < -0.3 is 13.8 Å². The van der Waals surface area contributed by atoms with Crippen LogP contribution in [0, 0.1) is 11.8 Å². The quantitative estimate of drug-likeness (QED) is 0.226. The summed E-state index contributed by atoms with van der Waals surface area (Å²) in [6.07, 6.45) is 11.7. The number of ether oxygens (including phenoxy) is 1. The van der Waals surface area contributed by atoms with E-state index in [1.165, 1.54) is 23.1 Å². The molecule has 6 rings (SSSR count). The van der Waals surface area contributed by atoms with Crippen molar-refractivity contribution in [2.24, 2.45) is 11.8 Å². The summed E-state index contributed by atoms with van der Waals surface area (Å²) < 4.78 is 31.2. The molecule has 0 bridgehead atoms. The highest BCUT2D eigenvalue weighted by Gasteiger charge is 2.78. The molecule has 0 radical (unpaired) electrons. The van der Waals surface area contributed by atoms with E-state index in [2.05, 4.69) is 18.7 Å². The van der Waals surface area contributed by atoms with Crippen molar-refractivity contribution in [3.05, 3.63) is 65.3 Å². The Kier molecular flexibility index (Phi) is 6.08. The topological polar surface area (TPSA) is 65.1 Å². The third kappa shape index (κ3) is 3.54. The summed E-state index contributed by atoms with van der Waals surface area (Å²) >= 11 is 0. The summed E-state index contributed by atoms with van der Waals surface area (Å²) in [5.74, 6) is 1.54. The lowest BCUT2D eigenvalue weighted by Gasteiger charge is -2.46. The number of benzene rings is 1. The van der Waals surface area contributed by atoms with Gasteiger partial charge in [-0.05, 0) is 106 Å². The average molecular weight is 509 g/mol. The van der Waals surface area contributed by atoms with E-state index in [9.17, 15) is 9.36 Å². The fourth-order valence-electron chi connectivity index (χ4n) is 8.09. The van der Waals surface area contributed by atoms with Crippen LogP contribution in [0.3, 0.4) is 0 Å². The standard InChI is InChI=1S/C30H37O5P/c1-4-16-29-17-15-27-25-13-9-21-18-22(31)10-14-24(21)28(25)26(19-30(27,29)35-29)20-7-11-23(12-8-20)36(32,33-5-2)34-6-3/h4,7-8,11-12,18,25-27H,1,5-6,9-10,13-17,19H2,2-3H3/t25-,26+,27-,29-,30+/m0/s1. The number of allylic oxidation sites excluding steroid dienone is 4. The molecule has 5 aliphatic rings. The van der Waals surface area contributed by atoms with Gasteiger partial charge in [0, 0.05) is 12.3 Å². The highest BCUT2D eigenvalue weighted by molar-refractivity contribution is 7.62. The van der Waals surface area contributed by atoms with Gasteiger partial charge in [-0.2, -0.15) is 0 Å². The fourth-order valence-corrected chi connectivity index (χ4v) is 9.66. The van der Waals surface area contributed by atoms with Gasteiger partial charge in [0.25, 0.3) is 0 Å². The molecule has 0 amide bonds. The Hall–Kier alpha value is -1.78. The van der Waals surface area contributed by atoms with Gasteiger partial charge in [-0.15, -0.1) is 6.58 Å². The second-order valence-corrected chi connectivity index (χ2v) is 13.0. The first kappa shape index (κ1) is 24.6. The van der Waals surface area contributed by atoms with Crippen LogP contribution in [0.2, 0.25) is 0 Å².